The fraction of sp³-hybridized carbons (Fsp3) is 0.538. The molecule has 1 unspecified atom stereocenters. The highest BCUT2D eigenvalue weighted by Gasteiger charge is 2.48. The van der Waals surface area contributed by atoms with E-state index in [1.807, 2.05) is 13.8 Å². The molecule has 0 aromatic heterocycles. The third-order valence-electron chi connectivity index (χ3n) is 3.65. The average Bonchev–Trinajstić information content (AvgIpc) is 2.95. The van der Waals surface area contributed by atoms with E-state index in [1.165, 1.54) is 18.2 Å². The Labute approximate surface area is 123 Å². The molecule has 1 aliphatic rings. The highest BCUT2D eigenvalue weighted by atomic mass is 32.2. The van der Waals surface area contributed by atoms with Crippen LogP contribution in [0.4, 0.5) is 11.4 Å². The largest absolute Gasteiger partial charge is 0.380 e. The van der Waals surface area contributed by atoms with Crippen molar-refractivity contribution in [2.75, 3.05) is 11.9 Å². The van der Waals surface area contributed by atoms with Crippen LogP contribution in [-0.2, 0) is 10.0 Å². The Morgan fingerprint density at radius 3 is 2.52 bits per heavy atom. The van der Waals surface area contributed by atoms with Gasteiger partial charge in [0.25, 0.3) is 0 Å². The highest BCUT2D eigenvalue weighted by Crippen LogP contribution is 2.45. The fourth-order valence-corrected chi connectivity index (χ4v) is 3.78. The number of nitro groups is 1. The molecule has 2 rings (SSSR count). The molecule has 1 aliphatic carbocycles. The summed E-state index contributed by atoms with van der Waals surface area (Å²) in [6, 6.07) is 4.08. The second-order valence-electron chi connectivity index (χ2n) is 5.81. The quantitative estimate of drug-likeness (QED) is 0.618. The molecule has 1 atom stereocenters. The first-order valence-electron chi connectivity index (χ1n) is 6.72. The second kappa shape index (κ2) is 5.27. The number of anilines is 1. The second-order valence-corrected chi connectivity index (χ2v) is 7.49. The summed E-state index contributed by atoms with van der Waals surface area (Å²) >= 11 is 0. The molecule has 1 fully saturated rings. The predicted octanol–water partition coefficient (Wildman–Crippen LogP) is 2.10. The van der Waals surface area contributed by atoms with Gasteiger partial charge in [0.2, 0.25) is 10.0 Å². The van der Waals surface area contributed by atoms with Crippen molar-refractivity contribution >= 4 is 21.4 Å². The molecule has 1 aromatic rings. The molecule has 21 heavy (non-hydrogen) atoms. The lowest BCUT2D eigenvalue weighted by Gasteiger charge is -2.11. The third kappa shape index (κ3) is 3.16. The van der Waals surface area contributed by atoms with Gasteiger partial charge in [-0.1, -0.05) is 19.9 Å². The smallest absolute Gasteiger partial charge is 0.312 e. The Hall–Kier alpha value is -1.67. The van der Waals surface area contributed by atoms with Crippen LogP contribution in [0.1, 0.15) is 27.2 Å². The zero-order valence-electron chi connectivity index (χ0n) is 12.2. The van der Waals surface area contributed by atoms with Crippen molar-refractivity contribution < 1.29 is 13.3 Å². The predicted molar refractivity (Wildman–Crippen MR) is 79.8 cm³/mol. The van der Waals surface area contributed by atoms with Gasteiger partial charge in [0.05, 0.1) is 4.92 Å². The maximum Gasteiger partial charge on any atom is 0.312 e. The SMILES string of the molecule is CCNc1cccc(S(=O)(=O)NC2CC2(C)C)c1[N+](=O)[O-]. The molecule has 0 aliphatic heterocycles. The van der Waals surface area contributed by atoms with E-state index in [9.17, 15) is 18.5 Å². The standard InChI is InChI=1S/C13H19N3O4S/c1-4-14-9-6-5-7-10(12(9)16(17)18)21(19,20)15-11-8-13(11,2)3/h5-7,11,14-15H,4,8H2,1-3H3. The van der Waals surface area contributed by atoms with Crippen molar-refractivity contribution in [3.8, 4) is 0 Å². The van der Waals surface area contributed by atoms with Gasteiger partial charge in [-0.15, -0.1) is 0 Å². The van der Waals surface area contributed by atoms with E-state index in [0.29, 0.717) is 6.54 Å². The van der Waals surface area contributed by atoms with E-state index >= 15 is 0 Å². The summed E-state index contributed by atoms with van der Waals surface area (Å²) < 4.78 is 27.4. The molecular formula is C13H19N3O4S. The first-order chi connectivity index (χ1) is 9.69. The average molecular weight is 313 g/mol. The molecule has 8 heteroatoms. The summed E-state index contributed by atoms with van der Waals surface area (Å²) in [4.78, 5) is 10.3. The van der Waals surface area contributed by atoms with Gasteiger partial charge in [-0.2, -0.15) is 0 Å². The number of benzene rings is 1. The summed E-state index contributed by atoms with van der Waals surface area (Å²) in [6.07, 6.45) is 0.729. The number of nitro benzene ring substituents is 1. The van der Waals surface area contributed by atoms with Crippen LogP contribution in [-0.4, -0.2) is 25.9 Å². The minimum Gasteiger partial charge on any atom is -0.380 e. The lowest BCUT2D eigenvalue weighted by Crippen LogP contribution is -2.29. The maximum atomic E-state index is 12.4. The van der Waals surface area contributed by atoms with E-state index in [-0.39, 0.29) is 22.0 Å². The van der Waals surface area contributed by atoms with Gasteiger partial charge >= 0.3 is 5.69 Å². The Bertz CT molecular complexity index is 670. The van der Waals surface area contributed by atoms with Gasteiger partial charge in [-0.25, -0.2) is 13.1 Å². The number of hydrogen-bond donors (Lipinski definition) is 2. The monoisotopic (exact) mass is 313 g/mol. The fourth-order valence-electron chi connectivity index (χ4n) is 2.18. The zero-order chi connectivity index (χ0) is 15.8. The van der Waals surface area contributed by atoms with E-state index in [4.69, 9.17) is 0 Å². The summed E-state index contributed by atoms with van der Waals surface area (Å²) in [5, 5.41) is 14.1. The Morgan fingerprint density at radius 1 is 1.43 bits per heavy atom. The third-order valence-corrected chi connectivity index (χ3v) is 5.15. The van der Waals surface area contributed by atoms with Crippen LogP contribution in [0.15, 0.2) is 23.1 Å². The van der Waals surface area contributed by atoms with Crippen LogP contribution in [0, 0.1) is 15.5 Å². The van der Waals surface area contributed by atoms with Crippen molar-refractivity contribution in [1.29, 1.82) is 0 Å². The van der Waals surface area contributed by atoms with E-state index in [2.05, 4.69) is 10.0 Å². The number of hydrogen-bond acceptors (Lipinski definition) is 5. The number of para-hydroxylation sites is 1. The minimum absolute atomic E-state index is 0.0961. The first-order valence-corrected chi connectivity index (χ1v) is 8.21. The van der Waals surface area contributed by atoms with Crippen LogP contribution in [0.25, 0.3) is 0 Å². The molecule has 0 bridgehead atoms. The molecule has 0 saturated heterocycles. The van der Waals surface area contributed by atoms with Crippen LogP contribution in [0.5, 0.6) is 0 Å². The normalized spacial score (nSPS) is 20.0. The molecule has 0 heterocycles. The Balaban J connectivity index is 2.43. The number of nitrogens with one attached hydrogen (secondary N) is 2. The molecule has 1 aromatic carbocycles. The van der Waals surface area contributed by atoms with Gasteiger partial charge in [0.15, 0.2) is 4.90 Å². The van der Waals surface area contributed by atoms with Gasteiger partial charge in [0.1, 0.15) is 5.69 Å². The summed E-state index contributed by atoms with van der Waals surface area (Å²) in [5.41, 5.74) is -0.299. The first kappa shape index (κ1) is 15.7. The van der Waals surface area contributed by atoms with Crippen molar-refractivity contribution in [2.45, 2.75) is 38.1 Å². The van der Waals surface area contributed by atoms with Gasteiger partial charge in [0, 0.05) is 12.6 Å². The molecule has 116 valence electrons. The summed E-state index contributed by atoms with van der Waals surface area (Å²) in [5.74, 6) is 0. The summed E-state index contributed by atoms with van der Waals surface area (Å²) in [7, 11) is -3.92. The molecular weight excluding hydrogens is 294 g/mol. The van der Waals surface area contributed by atoms with E-state index in [1.54, 1.807) is 6.92 Å². The molecule has 7 nitrogen and oxygen atoms in total. The zero-order valence-corrected chi connectivity index (χ0v) is 13.0. The summed E-state index contributed by atoms with van der Waals surface area (Å²) in [6.45, 7) is 6.15. The van der Waals surface area contributed by atoms with Crippen LogP contribution in [0.2, 0.25) is 0 Å². The lowest BCUT2D eigenvalue weighted by atomic mass is 10.2. The molecule has 0 spiro atoms. The number of rotatable bonds is 6. The highest BCUT2D eigenvalue weighted by molar-refractivity contribution is 7.89. The topological polar surface area (TPSA) is 101 Å². The Kier molecular flexibility index (Phi) is 3.94. The number of nitrogens with zero attached hydrogens (tertiary/aromatic N) is 1. The maximum absolute atomic E-state index is 12.4. The molecule has 0 amide bonds. The van der Waals surface area contributed by atoms with Gasteiger partial charge in [-0.3, -0.25) is 10.1 Å². The van der Waals surface area contributed by atoms with Crippen molar-refractivity contribution in [3.05, 3.63) is 28.3 Å². The van der Waals surface area contributed by atoms with Crippen molar-refractivity contribution in [2.24, 2.45) is 5.41 Å². The van der Waals surface area contributed by atoms with Crippen molar-refractivity contribution in [1.82, 2.24) is 4.72 Å². The lowest BCUT2D eigenvalue weighted by molar-refractivity contribution is -0.386. The van der Waals surface area contributed by atoms with Gasteiger partial charge < -0.3 is 5.32 Å². The molecule has 0 radical (unpaired) electrons. The molecule has 1 saturated carbocycles. The van der Waals surface area contributed by atoms with Crippen LogP contribution in [0.3, 0.4) is 0 Å². The molecule has 2 N–H and O–H groups in total. The number of sulfonamides is 1. The minimum atomic E-state index is -3.92. The van der Waals surface area contributed by atoms with Gasteiger partial charge in [-0.05, 0) is 30.9 Å². The Morgan fingerprint density at radius 2 is 2.05 bits per heavy atom. The van der Waals surface area contributed by atoms with Crippen LogP contribution < -0.4 is 10.0 Å². The van der Waals surface area contributed by atoms with E-state index < -0.39 is 20.6 Å². The van der Waals surface area contributed by atoms with Crippen LogP contribution >= 0.6 is 0 Å². The van der Waals surface area contributed by atoms with Crippen molar-refractivity contribution in [3.63, 3.8) is 0 Å². The van der Waals surface area contributed by atoms with E-state index in [0.717, 1.165) is 6.42 Å².